The van der Waals surface area contributed by atoms with Gasteiger partial charge in [-0.2, -0.15) is 0 Å². The van der Waals surface area contributed by atoms with E-state index >= 15 is 0 Å². The van der Waals surface area contributed by atoms with Gasteiger partial charge in [0.1, 0.15) is 11.5 Å². The van der Waals surface area contributed by atoms with E-state index in [4.69, 9.17) is 8.76 Å². The molecule has 0 aliphatic rings. The first-order valence-electron chi connectivity index (χ1n) is 0.488. The molecule has 0 N–H and O–H groups in total. The Morgan fingerprint density at radius 2 is 1.80 bits per heavy atom. The molecule has 32 valence electrons. The summed E-state index contributed by atoms with van der Waals surface area (Å²) in [5.41, 5.74) is 0. The van der Waals surface area contributed by atoms with Crippen LogP contribution in [0.3, 0.4) is 0 Å². The predicted molar refractivity (Wildman–Crippen MR) is 18.6 cm³/mol. The Labute approximate surface area is 51.5 Å². The number of halogens is 1. The summed E-state index contributed by atoms with van der Waals surface area (Å²) >= 11 is -3.36. The van der Waals surface area contributed by atoms with Crippen LogP contribution in [0, 0.1) is 0 Å². The summed E-state index contributed by atoms with van der Waals surface area (Å²) < 4.78 is 26.6. The zero-order chi connectivity index (χ0) is 3.58. The van der Waals surface area contributed by atoms with Crippen molar-refractivity contribution in [1.29, 1.82) is 0 Å². The van der Waals surface area contributed by atoms with Gasteiger partial charge in [-0.3, -0.25) is 0 Å². The van der Waals surface area contributed by atoms with Gasteiger partial charge in [0.25, 0.3) is 0 Å². The van der Waals surface area contributed by atoms with Crippen LogP contribution in [0.15, 0.2) is 0 Å². The normalized spacial score (nSPS) is 12.4. The summed E-state index contributed by atoms with van der Waals surface area (Å²) in [6.07, 6.45) is 0. The van der Waals surface area contributed by atoms with E-state index in [1.165, 1.54) is 0 Å². The molecule has 0 amide bonds. The Kier molecular flexibility index (Phi) is 9.28. The van der Waals surface area contributed by atoms with Gasteiger partial charge in [0, 0.05) is 0 Å². The zero-order valence-electron chi connectivity index (χ0n) is 2.31. The van der Waals surface area contributed by atoms with E-state index in [1.54, 1.807) is 0 Å². The standard InChI is InChI=1S/FHO2S.Pb.2H/c1-4(2)3;;;/h(H,2,3);;;/p-1. The second kappa shape index (κ2) is 4.96. The topological polar surface area (TPSA) is 40.1 Å². The molecule has 5 heteroatoms. The van der Waals surface area contributed by atoms with Crippen LogP contribution in [0.4, 0.5) is 3.89 Å². The quantitative estimate of drug-likeness (QED) is 0.321. The van der Waals surface area contributed by atoms with Crippen LogP contribution in [-0.4, -0.2) is 36.1 Å². The molecule has 0 aliphatic heterocycles. The van der Waals surface area contributed by atoms with E-state index in [2.05, 4.69) is 0 Å². The Bertz CT molecular complexity index is 32.6. The van der Waals surface area contributed by atoms with Crippen molar-refractivity contribution >= 4 is 38.8 Å². The van der Waals surface area contributed by atoms with Crippen molar-refractivity contribution in [2.24, 2.45) is 0 Å². The second-order valence-electron chi connectivity index (χ2n) is 0.194. The Hall–Kier alpha value is 0.962. The van der Waals surface area contributed by atoms with E-state index in [-0.39, 0.29) is 27.3 Å². The van der Waals surface area contributed by atoms with Gasteiger partial charge in [0.15, 0.2) is 0 Å². The summed E-state index contributed by atoms with van der Waals surface area (Å²) in [6, 6.07) is 0. The van der Waals surface area contributed by atoms with Crippen molar-refractivity contribution in [1.82, 2.24) is 0 Å². The molecule has 0 aromatic carbocycles. The van der Waals surface area contributed by atoms with Gasteiger partial charge < -0.3 is 4.55 Å². The molecule has 2 nitrogen and oxygen atoms in total. The molecular weight excluding hydrogens is 290 g/mol. The van der Waals surface area contributed by atoms with Crippen LogP contribution >= 0.6 is 0 Å². The van der Waals surface area contributed by atoms with Gasteiger partial charge in [-0.25, -0.2) is 4.21 Å². The van der Waals surface area contributed by atoms with Crippen molar-refractivity contribution in [3.05, 3.63) is 0 Å². The van der Waals surface area contributed by atoms with E-state index in [9.17, 15) is 3.89 Å². The molecule has 2 radical (unpaired) electrons. The second-order valence-corrected chi connectivity index (χ2v) is 0.582. The average molecular weight is 292 g/mol. The van der Waals surface area contributed by atoms with Gasteiger partial charge in [0.2, 0.25) is 0 Å². The molecule has 0 heterocycles. The zero-order valence-corrected chi connectivity index (χ0v) is 8.62. The molecular formula is H2FO2PbS-. The Morgan fingerprint density at radius 1 is 1.80 bits per heavy atom. The summed E-state index contributed by atoms with van der Waals surface area (Å²) in [5.74, 6) is 0. The van der Waals surface area contributed by atoms with E-state index in [0.717, 1.165) is 0 Å². The fraction of sp³-hybridized carbons (Fsp3) is 0. The summed E-state index contributed by atoms with van der Waals surface area (Å²) in [4.78, 5) is 0. The summed E-state index contributed by atoms with van der Waals surface area (Å²) in [5, 5.41) is 0. The molecule has 0 saturated heterocycles. The van der Waals surface area contributed by atoms with Crippen LogP contribution < -0.4 is 0 Å². The predicted octanol–water partition coefficient (Wildman–Crippen LogP) is -1.17. The molecule has 5 heavy (non-hydrogen) atoms. The van der Waals surface area contributed by atoms with Gasteiger partial charge in [-0.15, -0.1) is 3.89 Å². The molecule has 1 unspecified atom stereocenters. The molecule has 1 atom stereocenters. The average Bonchev–Trinajstić information content (AvgIpc) is 0.811. The van der Waals surface area contributed by atoms with Crippen LogP contribution in [0.5, 0.6) is 0 Å². The minimum atomic E-state index is -3.36. The summed E-state index contributed by atoms with van der Waals surface area (Å²) in [7, 11) is 0. The molecule has 0 aliphatic carbocycles. The maximum atomic E-state index is 9.92. The molecule has 0 aromatic rings. The first-order chi connectivity index (χ1) is 1.73. The molecule has 0 fully saturated rings. The van der Waals surface area contributed by atoms with E-state index in [1.807, 2.05) is 0 Å². The Morgan fingerprint density at radius 3 is 1.80 bits per heavy atom. The number of rotatable bonds is 0. The first kappa shape index (κ1) is 9.35. The van der Waals surface area contributed by atoms with Gasteiger partial charge in [-0.1, -0.05) is 0 Å². The minimum absolute atomic E-state index is 0. The molecule has 0 rings (SSSR count). The molecule has 0 aromatic heterocycles. The molecule has 0 spiro atoms. The fourth-order valence-corrected chi connectivity index (χ4v) is 0. The fourth-order valence-electron chi connectivity index (χ4n) is 0. The van der Waals surface area contributed by atoms with Gasteiger partial charge in [-0.05, 0) is 0 Å². The van der Waals surface area contributed by atoms with Gasteiger partial charge in [0.05, 0.1) is 0 Å². The summed E-state index contributed by atoms with van der Waals surface area (Å²) in [6.45, 7) is 0. The van der Waals surface area contributed by atoms with Crippen molar-refractivity contribution in [3.8, 4) is 0 Å². The van der Waals surface area contributed by atoms with E-state index < -0.39 is 11.5 Å². The van der Waals surface area contributed by atoms with Crippen molar-refractivity contribution in [2.45, 2.75) is 0 Å². The van der Waals surface area contributed by atoms with Crippen LogP contribution in [0.25, 0.3) is 0 Å². The number of hydrogen-bond acceptors (Lipinski definition) is 2. The molecule has 0 saturated carbocycles. The first-order valence-corrected chi connectivity index (χ1v) is 1.46. The third-order valence-corrected chi connectivity index (χ3v) is 0. The Balaban J connectivity index is 0. The van der Waals surface area contributed by atoms with Crippen molar-refractivity contribution in [3.63, 3.8) is 0 Å². The van der Waals surface area contributed by atoms with Crippen molar-refractivity contribution < 1.29 is 12.6 Å². The SMILES string of the molecule is O=S([O-])F.[PbH2]. The third-order valence-electron chi connectivity index (χ3n) is 0. The number of hydrogen-bond donors (Lipinski definition) is 0. The maximum absolute atomic E-state index is 9.92. The van der Waals surface area contributed by atoms with Crippen molar-refractivity contribution in [2.75, 3.05) is 0 Å². The van der Waals surface area contributed by atoms with E-state index in [0.29, 0.717) is 0 Å². The third kappa shape index (κ3) is 47.0. The van der Waals surface area contributed by atoms with Crippen LogP contribution in [0.2, 0.25) is 0 Å². The monoisotopic (exact) mass is 293 g/mol. The molecule has 0 bridgehead atoms. The van der Waals surface area contributed by atoms with Crippen LogP contribution in [0.1, 0.15) is 0 Å². The van der Waals surface area contributed by atoms with Crippen LogP contribution in [-0.2, 0) is 11.5 Å². The van der Waals surface area contributed by atoms with Gasteiger partial charge >= 0.3 is 27.3 Å².